The lowest BCUT2D eigenvalue weighted by atomic mass is 10.0. The summed E-state index contributed by atoms with van der Waals surface area (Å²) in [6.45, 7) is 3.95. The van der Waals surface area contributed by atoms with Gasteiger partial charge in [-0.15, -0.1) is 0 Å². The molecule has 0 bridgehead atoms. The van der Waals surface area contributed by atoms with Crippen molar-refractivity contribution in [3.05, 3.63) is 28.0 Å². The fourth-order valence-corrected chi connectivity index (χ4v) is 3.06. The molecule has 1 amide bonds. The van der Waals surface area contributed by atoms with Crippen molar-refractivity contribution in [2.45, 2.75) is 19.8 Å². The van der Waals surface area contributed by atoms with Crippen LogP contribution in [0.25, 0.3) is 0 Å². The van der Waals surface area contributed by atoms with E-state index in [9.17, 15) is 4.79 Å². The Balaban J connectivity index is 2.31. The third-order valence-corrected chi connectivity index (χ3v) is 3.86. The Bertz CT molecular complexity index is 547. The summed E-state index contributed by atoms with van der Waals surface area (Å²) < 4.78 is 0. The van der Waals surface area contributed by atoms with Crippen LogP contribution in [-0.2, 0) is 4.79 Å². The number of hydrogen-bond donors (Lipinski definition) is 2. The zero-order chi connectivity index (χ0) is 14.4. The van der Waals surface area contributed by atoms with Gasteiger partial charge in [-0.25, -0.2) is 4.98 Å². The number of rotatable bonds is 2. The first-order valence-corrected chi connectivity index (χ1v) is 6.45. The molecule has 2 rings (SSSR count). The van der Waals surface area contributed by atoms with Crippen LogP contribution in [0.1, 0.15) is 25.3 Å². The number of aliphatic imine (C=N–C) groups is 1. The van der Waals surface area contributed by atoms with Gasteiger partial charge in [0.25, 0.3) is 5.91 Å². The highest BCUT2D eigenvalue weighted by atomic mass is 35.5. The maximum Gasteiger partial charge on any atom is 0.253 e. The van der Waals surface area contributed by atoms with Crippen LogP contribution in [0.15, 0.2) is 17.1 Å². The zero-order valence-electron chi connectivity index (χ0n) is 10.5. The predicted octanol–water partition coefficient (Wildman–Crippen LogP) is 1.93. The summed E-state index contributed by atoms with van der Waals surface area (Å²) in [6, 6.07) is 3.42. The topological polar surface area (TPSA) is 94.4 Å². The lowest BCUT2D eigenvalue weighted by molar-refractivity contribution is -0.119. The first-order chi connectivity index (χ1) is 8.73. The number of amides is 1. The van der Waals surface area contributed by atoms with Gasteiger partial charge in [-0.05, 0) is 23.1 Å². The van der Waals surface area contributed by atoms with Crippen LogP contribution in [0.5, 0.6) is 0 Å². The van der Waals surface area contributed by atoms with Crippen LogP contribution in [0.4, 0.5) is 0 Å². The molecular weight excluding hydrogens is 287 g/mol. The molecule has 1 saturated carbocycles. The summed E-state index contributed by atoms with van der Waals surface area (Å²) >= 11 is 11.8. The monoisotopic (exact) mass is 300 g/mol. The van der Waals surface area contributed by atoms with E-state index < -0.39 is 0 Å². The Hall–Kier alpha value is -1.33. The van der Waals surface area contributed by atoms with Gasteiger partial charge in [0.1, 0.15) is 10.3 Å². The first-order valence-electron chi connectivity index (χ1n) is 5.70. The van der Waals surface area contributed by atoms with Crippen LogP contribution in [0.3, 0.4) is 0 Å². The third-order valence-electron chi connectivity index (χ3n) is 3.48. The van der Waals surface area contributed by atoms with E-state index in [-0.39, 0.29) is 29.1 Å². The van der Waals surface area contributed by atoms with Gasteiger partial charge in [0, 0.05) is 5.92 Å². The Kier molecular flexibility index (Phi) is 3.45. The smallest absolute Gasteiger partial charge is 0.253 e. The van der Waals surface area contributed by atoms with Gasteiger partial charge < -0.3 is 11.5 Å². The quantitative estimate of drug-likeness (QED) is 0.496. The highest BCUT2D eigenvalue weighted by Gasteiger charge is 2.62. The highest BCUT2D eigenvalue weighted by molar-refractivity contribution is 6.32. The minimum Gasteiger partial charge on any atom is -0.370 e. The number of guanidine groups is 1. The van der Waals surface area contributed by atoms with E-state index in [1.54, 1.807) is 12.1 Å². The SMILES string of the molecule is CC1(C)[C@H](C(=O)N=C(N)N)[C@H]1c1cc(Cl)nc(Cl)c1. The zero-order valence-corrected chi connectivity index (χ0v) is 12.0. The molecule has 1 aliphatic rings. The molecule has 1 fully saturated rings. The molecule has 0 aliphatic heterocycles. The normalized spacial score (nSPS) is 23.8. The molecule has 2 atom stereocenters. The molecule has 0 spiro atoms. The number of carbonyl (C=O) groups excluding carboxylic acids is 1. The van der Waals surface area contributed by atoms with E-state index in [1.807, 2.05) is 13.8 Å². The molecule has 4 N–H and O–H groups in total. The molecule has 1 aromatic rings. The Morgan fingerprint density at radius 2 is 1.84 bits per heavy atom. The van der Waals surface area contributed by atoms with Crippen molar-refractivity contribution in [1.82, 2.24) is 4.98 Å². The van der Waals surface area contributed by atoms with Crippen molar-refractivity contribution in [3.8, 4) is 0 Å². The second-order valence-electron chi connectivity index (χ2n) is 5.20. The predicted molar refractivity (Wildman–Crippen MR) is 75.1 cm³/mol. The largest absolute Gasteiger partial charge is 0.370 e. The first kappa shape index (κ1) is 14.1. The maximum absolute atomic E-state index is 12.0. The van der Waals surface area contributed by atoms with E-state index >= 15 is 0 Å². The molecule has 5 nitrogen and oxygen atoms in total. The summed E-state index contributed by atoms with van der Waals surface area (Å²) in [7, 11) is 0. The molecule has 1 aliphatic carbocycles. The number of carbonyl (C=O) groups is 1. The van der Waals surface area contributed by atoms with E-state index in [0.717, 1.165) is 5.56 Å². The molecule has 0 unspecified atom stereocenters. The van der Waals surface area contributed by atoms with Crippen LogP contribution in [0, 0.1) is 11.3 Å². The number of pyridine rings is 1. The fourth-order valence-electron chi connectivity index (χ4n) is 2.58. The average Bonchev–Trinajstić information content (AvgIpc) is 2.79. The van der Waals surface area contributed by atoms with Gasteiger partial charge in [0.2, 0.25) is 0 Å². The van der Waals surface area contributed by atoms with E-state index in [1.165, 1.54) is 0 Å². The average molecular weight is 301 g/mol. The molecule has 1 heterocycles. The van der Waals surface area contributed by atoms with Crippen LogP contribution in [0.2, 0.25) is 10.3 Å². The van der Waals surface area contributed by atoms with Crippen molar-refractivity contribution in [2.75, 3.05) is 0 Å². The molecular formula is C12H14Cl2N4O. The number of aromatic nitrogens is 1. The fraction of sp³-hybridized carbons (Fsp3) is 0.417. The van der Waals surface area contributed by atoms with Gasteiger partial charge in [0.15, 0.2) is 5.96 Å². The lowest BCUT2D eigenvalue weighted by Gasteiger charge is -2.03. The van der Waals surface area contributed by atoms with Gasteiger partial charge in [-0.2, -0.15) is 4.99 Å². The van der Waals surface area contributed by atoms with E-state index in [2.05, 4.69) is 9.98 Å². The Morgan fingerprint density at radius 3 is 2.32 bits per heavy atom. The second-order valence-corrected chi connectivity index (χ2v) is 5.97. The van der Waals surface area contributed by atoms with Gasteiger partial charge in [0.05, 0.1) is 5.92 Å². The molecule has 0 saturated heterocycles. The summed E-state index contributed by atoms with van der Waals surface area (Å²) in [6.07, 6.45) is 0. The highest BCUT2D eigenvalue weighted by Crippen LogP contribution is 2.65. The summed E-state index contributed by atoms with van der Waals surface area (Å²) in [5.74, 6) is -0.832. The third kappa shape index (κ3) is 2.67. The van der Waals surface area contributed by atoms with E-state index in [0.29, 0.717) is 10.3 Å². The number of halogens is 2. The minimum absolute atomic E-state index is 0.0129. The second kappa shape index (κ2) is 4.65. The molecule has 19 heavy (non-hydrogen) atoms. The van der Waals surface area contributed by atoms with Gasteiger partial charge in [-0.3, -0.25) is 4.79 Å². The molecule has 1 aromatic heterocycles. The van der Waals surface area contributed by atoms with E-state index in [4.69, 9.17) is 34.7 Å². The van der Waals surface area contributed by atoms with Gasteiger partial charge in [-0.1, -0.05) is 37.0 Å². The number of hydrogen-bond acceptors (Lipinski definition) is 2. The summed E-state index contributed by atoms with van der Waals surface area (Å²) in [5, 5.41) is 0.608. The van der Waals surface area contributed by atoms with Crippen molar-refractivity contribution in [3.63, 3.8) is 0 Å². The van der Waals surface area contributed by atoms with Crippen molar-refractivity contribution < 1.29 is 4.79 Å². The van der Waals surface area contributed by atoms with Crippen molar-refractivity contribution in [2.24, 2.45) is 27.8 Å². The summed E-state index contributed by atoms with van der Waals surface area (Å²) in [4.78, 5) is 19.5. The molecule has 0 radical (unpaired) electrons. The van der Waals surface area contributed by atoms with Crippen molar-refractivity contribution in [1.29, 1.82) is 0 Å². The Morgan fingerprint density at radius 1 is 1.32 bits per heavy atom. The van der Waals surface area contributed by atoms with Crippen LogP contribution < -0.4 is 11.5 Å². The van der Waals surface area contributed by atoms with Crippen LogP contribution >= 0.6 is 23.2 Å². The lowest BCUT2D eigenvalue weighted by Crippen LogP contribution is -2.25. The van der Waals surface area contributed by atoms with Crippen molar-refractivity contribution >= 4 is 35.1 Å². The molecule has 7 heteroatoms. The standard InChI is InChI=1S/C12H14Cl2N4O/c1-12(2)8(9(12)10(19)18-11(15)16)5-3-6(13)17-7(14)4-5/h3-4,8-9H,1-2H3,(H4,15,16,18,19)/t8-,9+/m1/s1. The number of nitrogens with zero attached hydrogens (tertiary/aromatic N) is 2. The Labute approximate surface area is 121 Å². The minimum atomic E-state index is -0.320. The molecule has 0 aromatic carbocycles. The molecule has 102 valence electrons. The van der Waals surface area contributed by atoms with Crippen LogP contribution in [-0.4, -0.2) is 16.9 Å². The van der Waals surface area contributed by atoms with Gasteiger partial charge >= 0.3 is 0 Å². The maximum atomic E-state index is 12.0. The number of nitrogens with two attached hydrogens (primary N) is 2. The summed E-state index contributed by atoms with van der Waals surface area (Å²) in [5.41, 5.74) is 11.1.